The van der Waals surface area contributed by atoms with Gasteiger partial charge in [0.05, 0.1) is 22.8 Å². The molecule has 0 aliphatic heterocycles. The van der Waals surface area contributed by atoms with Crippen LogP contribution in [0.15, 0.2) is 84.9 Å². The number of pyridine rings is 1. The number of ether oxygens (including phenoxy) is 1. The summed E-state index contributed by atoms with van der Waals surface area (Å²) in [5.74, 6) is 0.845. The van der Waals surface area contributed by atoms with Crippen LogP contribution < -0.4 is 4.74 Å². The maximum atomic E-state index is 8.86. The number of nitrogens with zero attached hydrogens (tertiary/aromatic N) is 2. The summed E-state index contributed by atoms with van der Waals surface area (Å²) >= 11 is 0. The number of aryl methyl sites for hydroxylation is 2. The highest BCUT2D eigenvalue weighted by Gasteiger charge is 2.01. The molecule has 0 amide bonds. The molecule has 0 spiro atoms. The van der Waals surface area contributed by atoms with Crippen molar-refractivity contribution in [2.24, 2.45) is 0 Å². The maximum absolute atomic E-state index is 8.86. The van der Waals surface area contributed by atoms with Gasteiger partial charge in [-0.25, -0.2) is 4.98 Å². The highest BCUT2D eigenvalue weighted by molar-refractivity contribution is 5.78. The fraction of sp³-hybridized carbons (Fsp3) is 0.120. The lowest BCUT2D eigenvalue weighted by atomic mass is 10.0. The van der Waals surface area contributed by atoms with Gasteiger partial charge in [0.1, 0.15) is 12.4 Å². The van der Waals surface area contributed by atoms with E-state index in [4.69, 9.17) is 10.00 Å². The fourth-order valence-electron chi connectivity index (χ4n) is 3.13. The predicted octanol–water partition coefficient (Wildman–Crippen LogP) is 5.47. The molecule has 0 radical (unpaired) electrons. The van der Waals surface area contributed by atoms with Gasteiger partial charge in [0, 0.05) is 5.39 Å². The van der Waals surface area contributed by atoms with Gasteiger partial charge in [0.15, 0.2) is 0 Å². The zero-order valence-corrected chi connectivity index (χ0v) is 15.5. The van der Waals surface area contributed by atoms with Gasteiger partial charge in [-0.05, 0) is 60.4 Å². The molecule has 0 fully saturated rings. The first kappa shape index (κ1) is 17.8. The molecule has 3 heteroatoms. The lowest BCUT2D eigenvalue weighted by Gasteiger charge is -2.08. The van der Waals surface area contributed by atoms with Gasteiger partial charge in [-0.15, -0.1) is 0 Å². The van der Waals surface area contributed by atoms with Crippen LogP contribution >= 0.6 is 0 Å². The van der Waals surface area contributed by atoms with Gasteiger partial charge < -0.3 is 4.74 Å². The van der Waals surface area contributed by atoms with Crippen LogP contribution in [0.2, 0.25) is 0 Å². The standard InChI is InChI=1S/C25H20N2O/c26-17-21-9-7-19(8-10-21)5-6-20-11-15-24(16-12-20)28-18-23-14-13-22-3-1-2-4-25(22)27-23/h1-4,7-16H,5-6,18H2. The molecule has 1 heterocycles. The summed E-state index contributed by atoms with van der Waals surface area (Å²) in [7, 11) is 0. The largest absolute Gasteiger partial charge is 0.487 e. The van der Waals surface area contributed by atoms with E-state index in [-0.39, 0.29) is 0 Å². The van der Waals surface area contributed by atoms with E-state index in [1.54, 1.807) is 0 Å². The zero-order valence-electron chi connectivity index (χ0n) is 15.5. The maximum Gasteiger partial charge on any atom is 0.130 e. The molecule has 3 nitrogen and oxygen atoms in total. The average molecular weight is 364 g/mol. The smallest absolute Gasteiger partial charge is 0.130 e. The van der Waals surface area contributed by atoms with Crippen LogP contribution in [-0.2, 0) is 19.4 Å². The Kier molecular flexibility index (Phi) is 5.31. The average Bonchev–Trinajstić information content (AvgIpc) is 2.77. The Labute approximate surface area is 164 Å². The van der Waals surface area contributed by atoms with Gasteiger partial charge in [0.2, 0.25) is 0 Å². The molecule has 3 aromatic carbocycles. The summed E-state index contributed by atoms with van der Waals surface area (Å²) in [4.78, 5) is 4.64. The monoisotopic (exact) mass is 364 g/mol. The van der Waals surface area contributed by atoms with Crippen molar-refractivity contribution < 1.29 is 4.74 Å². The van der Waals surface area contributed by atoms with Gasteiger partial charge in [-0.1, -0.05) is 48.5 Å². The number of aromatic nitrogens is 1. The van der Waals surface area contributed by atoms with Crippen LogP contribution in [0.1, 0.15) is 22.4 Å². The van der Waals surface area contributed by atoms with Crippen molar-refractivity contribution in [2.45, 2.75) is 19.4 Å². The van der Waals surface area contributed by atoms with Crippen molar-refractivity contribution in [1.82, 2.24) is 4.98 Å². The van der Waals surface area contributed by atoms with Crippen molar-refractivity contribution in [1.29, 1.82) is 5.26 Å². The molecular weight excluding hydrogens is 344 g/mol. The molecule has 0 atom stereocenters. The Morgan fingerprint density at radius 3 is 2.14 bits per heavy atom. The van der Waals surface area contributed by atoms with Crippen LogP contribution in [0.4, 0.5) is 0 Å². The zero-order chi connectivity index (χ0) is 19.2. The van der Waals surface area contributed by atoms with E-state index in [0.29, 0.717) is 12.2 Å². The summed E-state index contributed by atoms with van der Waals surface area (Å²) in [6, 6.07) is 30.3. The Balaban J connectivity index is 1.32. The lowest BCUT2D eigenvalue weighted by molar-refractivity contribution is 0.301. The Morgan fingerprint density at radius 1 is 0.750 bits per heavy atom. The van der Waals surface area contributed by atoms with Crippen molar-refractivity contribution in [2.75, 3.05) is 0 Å². The van der Waals surface area contributed by atoms with Gasteiger partial charge >= 0.3 is 0 Å². The topological polar surface area (TPSA) is 45.9 Å². The molecule has 4 rings (SSSR count). The van der Waals surface area contributed by atoms with Crippen LogP contribution in [-0.4, -0.2) is 4.98 Å². The van der Waals surface area contributed by atoms with Crippen molar-refractivity contribution in [3.8, 4) is 11.8 Å². The van der Waals surface area contributed by atoms with Crippen LogP contribution in [0, 0.1) is 11.3 Å². The molecule has 1 aromatic heterocycles. The third-order valence-corrected chi connectivity index (χ3v) is 4.75. The first-order chi connectivity index (χ1) is 13.8. The van der Waals surface area contributed by atoms with E-state index in [0.717, 1.165) is 35.2 Å². The molecule has 0 aliphatic rings. The molecule has 136 valence electrons. The number of hydrogen-bond acceptors (Lipinski definition) is 3. The van der Waals surface area contributed by atoms with Crippen molar-refractivity contribution in [3.63, 3.8) is 0 Å². The lowest BCUT2D eigenvalue weighted by Crippen LogP contribution is -1.98. The number of rotatable bonds is 6. The molecule has 0 aliphatic carbocycles. The van der Waals surface area contributed by atoms with Gasteiger partial charge in [-0.2, -0.15) is 5.26 Å². The summed E-state index contributed by atoms with van der Waals surface area (Å²) in [5, 5.41) is 10.00. The summed E-state index contributed by atoms with van der Waals surface area (Å²) in [6.45, 7) is 0.454. The predicted molar refractivity (Wildman–Crippen MR) is 111 cm³/mol. The Morgan fingerprint density at radius 2 is 1.43 bits per heavy atom. The Hall–Kier alpha value is -3.64. The third-order valence-electron chi connectivity index (χ3n) is 4.75. The van der Waals surface area contributed by atoms with Gasteiger partial charge in [0.25, 0.3) is 0 Å². The van der Waals surface area contributed by atoms with E-state index < -0.39 is 0 Å². The minimum atomic E-state index is 0.454. The second kappa shape index (κ2) is 8.37. The highest BCUT2D eigenvalue weighted by Crippen LogP contribution is 2.17. The molecule has 28 heavy (non-hydrogen) atoms. The summed E-state index contributed by atoms with van der Waals surface area (Å²) in [5.41, 5.74) is 5.11. The fourth-order valence-corrected chi connectivity index (χ4v) is 3.13. The number of nitriles is 1. The quantitative estimate of drug-likeness (QED) is 0.456. The van der Waals surface area contributed by atoms with E-state index in [1.165, 1.54) is 11.1 Å². The van der Waals surface area contributed by atoms with Crippen molar-refractivity contribution in [3.05, 3.63) is 107 Å². The SMILES string of the molecule is N#Cc1ccc(CCc2ccc(OCc3ccc4ccccc4n3)cc2)cc1. The summed E-state index contributed by atoms with van der Waals surface area (Å²) < 4.78 is 5.89. The molecule has 0 bridgehead atoms. The molecule has 0 saturated heterocycles. The molecule has 0 N–H and O–H groups in total. The highest BCUT2D eigenvalue weighted by atomic mass is 16.5. The molecular formula is C25H20N2O. The van der Waals surface area contributed by atoms with Crippen LogP contribution in [0.3, 0.4) is 0 Å². The van der Waals surface area contributed by atoms with E-state index in [2.05, 4.69) is 35.3 Å². The van der Waals surface area contributed by atoms with E-state index in [9.17, 15) is 0 Å². The number of hydrogen-bond donors (Lipinski definition) is 0. The van der Waals surface area contributed by atoms with E-state index >= 15 is 0 Å². The molecule has 0 unspecified atom stereocenters. The first-order valence-corrected chi connectivity index (χ1v) is 9.36. The second-order valence-electron chi connectivity index (χ2n) is 6.74. The minimum absolute atomic E-state index is 0.454. The van der Waals surface area contributed by atoms with E-state index in [1.807, 2.05) is 60.7 Å². The number of para-hydroxylation sites is 1. The van der Waals surface area contributed by atoms with Crippen LogP contribution in [0.25, 0.3) is 10.9 Å². The third kappa shape index (κ3) is 4.36. The molecule has 0 saturated carbocycles. The second-order valence-corrected chi connectivity index (χ2v) is 6.74. The van der Waals surface area contributed by atoms with Crippen molar-refractivity contribution >= 4 is 10.9 Å². The summed E-state index contributed by atoms with van der Waals surface area (Å²) in [6.07, 6.45) is 1.91. The van der Waals surface area contributed by atoms with Gasteiger partial charge in [-0.3, -0.25) is 0 Å². The molecule has 4 aromatic rings. The number of benzene rings is 3. The first-order valence-electron chi connectivity index (χ1n) is 9.36. The minimum Gasteiger partial charge on any atom is -0.487 e. The number of fused-ring (bicyclic) bond motifs is 1. The Bertz CT molecular complexity index is 1110. The normalized spacial score (nSPS) is 10.5. The van der Waals surface area contributed by atoms with Crippen LogP contribution in [0.5, 0.6) is 5.75 Å².